The Morgan fingerprint density at radius 1 is 1.22 bits per heavy atom. The minimum absolute atomic E-state index is 0.0596. The Labute approximate surface area is 166 Å². The van der Waals surface area contributed by atoms with Gasteiger partial charge < -0.3 is 19.5 Å². The molecule has 0 aromatic heterocycles. The Morgan fingerprint density at radius 2 is 2.07 bits per heavy atom. The maximum Gasteiger partial charge on any atom is 0.244 e. The summed E-state index contributed by atoms with van der Waals surface area (Å²) < 4.78 is 17.0. The highest BCUT2D eigenvalue weighted by molar-refractivity contribution is 9.10. The summed E-state index contributed by atoms with van der Waals surface area (Å²) in [5, 5.41) is 11.3. The van der Waals surface area contributed by atoms with Crippen molar-refractivity contribution in [2.45, 2.75) is 0 Å². The molecule has 6 nitrogen and oxygen atoms in total. The fourth-order valence-electron chi connectivity index (χ4n) is 2.15. The first-order chi connectivity index (χ1) is 13.1. The van der Waals surface area contributed by atoms with E-state index in [1.807, 2.05) is 30.3 Å². The largest absolute Gasteiger partial charge is 0.493 e. The van der Waals surface area contributed by atoms with Crippen LogP contribution >= 0.6 is 15.9 Å². The van der Waals surface area contributed by atoms with Gasteiger partial charge in [0.1, 0.15) is 18.4 Å². The van der Waals surface area contributed by atoms with E-state index in [0.717, 1.165) is 15.8 Å². The molecule has 1 N–H and O–H groups in total. The first-order valence-corrected chi connectivity index (χ1v) is 8.93. The second-order valence-electron chi connectivity index (χ2n) is 5.29. The standard InChI is InChI=1S/C20H19BrN2O4/c1-25-19-13-15(5-7-18(19)27-11-9-22)6-8-20(24)23-10-12-26-17-4-2-3-16(21)14-17/h2-8,13-14H,10-12H2,1H3,(H,23,24). The lowest BCUT2D eigenvalue weighted by molar-refractivity contribution is -0.116. The third-order valence-corrected chi connectivity index (χ3v) is 3.87. The minimum Gasteiger partial charge on any atom is -0.493 e. The average Bonchev–Trinajstić information content (AvgIpc) is 2.68. The van der Waals surface area contributed by atoms with Gasteiger partial charge in [-0.05, 0) is 42.0 Å². The molecule has 0 heterocycles. The quantitative estimate of drug-likeness (QED) is 0.485. The molecule has 2 aromatic rings. The van der Waals surface area contributed by atoms with Crippen molar-refractivity contribution in [3.63, 3.8) is 0 Å². The van der Waals surface area contributed by atoms with Crippen molar-refractivity contribution >= 4 is 27.9 Å². The van der Waals surface area contributed by atoms with E-state index < -0.39 is 0 Å². The fourth-order valence-corrected chi connectivity index (χ4v) is 2.53. The zero-order chi connectivity index (χ0) is 19.5. The summed E-state index contributed by atoms with van der Waals surface area (Å²) in [6.45, 7) is 0.699. The Hall–Kier alpha value is -2.98. The molecule has 0 spiro atoms. The van der Waals surface area contributed by atoms with Crippen LogP contribution in [0.15, 0.2) is 53.0 Å². The van der Waals surface area contributed by atoms with Crippen LogP contribution < -0.4 is 19.5 Å². The number of amides is 1. The zero-order valence-corrected chi connectivity index (χ0v) is 16.4. The molecule has 1 amide bonds. The van der Waals surface area contributed by atoms with E-state index in [1.54, 1.807) is 24.3 Å². The average molecular weight is 431 g/mol. The molecule has 0 fully saturated rings. The second-order valence-corrected chi connectivity index (χ2v) is 6.20. The summed E-state index contributed by atoms with van der Waals surface area (Å²) in [5.41, 5.74) is 0.775. The number of ether oxygens (including phenoxy) is 3. The number of carbonyl (C=O) groups is 1. The molecule has 7 heteroatoms. The lowest BCUT2D eigenvalue weighted by Crippen LogP contribution is -2.26. The molecular formula is C20H19BrN2O4. The number of nitrogens with one attached hydrogen (secondary N) is 1. The summed E-state index contributed by atoms with van der Waals surface area (Å²) in [7, 11) is 1.51. The van der Waals surface area contributed by atoms with Crippen LogP contribution in [0.2, 0.25) is 0 Å². The zero-order valence-electron chi connectivity index (χ0n) is 14.8. The van der Waals surface area contributed by atoms with E-state index in [-0.39, 0.29) is 12.5 Å². The molecule has 0 aliphatic rings. The van der Waals surface area contributed by atoms with Crippen molar-refractivity contribution in [3.05, 3.63) is 58.6 Å². The van der Waals surface area contributed by atoms with Crippen LogP contribution in [-0.2, 0) is 4.79 Å². The molecule has 27 heavy (non-hydrogen) atoms. The second kappa shape index (κ2) is 10.9. The predicted octanol–water partition coefficient (Wildman–Crippen LogP) is 3.57. The van der Waals surface area contributed by atoms with Crippen molar-refractivity contribution in [2.24, 2.45) is 0 Å². The number of hydrogen-bond donors (Lipinski definition) is 1. The van der Waals surface area contributed by atoms with Crippen LogP contribution in [-0.4, -0.2) is 32.8 Å². The number of benzene rings is 2. The topological polar surface area (TPSA) is 80.6 Å². The lowest BCUT2D eigenvalue weighted by Gasteiger charge is -2.09. The number of nitrogens with zero attached hydrogens (tertiary/aromatic N) is 1. The van der Waals surface area contributed by atoms with E-state index in [1.165, 1.54) is 13.2 Å². The molecule has 0 saturated carbocycles. The van der Waals surface area contributed by atoms with Crippen molar-refractivity contribution in [1.29, 1.82) is 5.26 Å². The smallest absolute Gasteiger partial charge is 0.244 e. The van der Waals surface area contributed by atoms with Crippen LogP contribution in [0, 0.1) is 11.3 Å². The Balaban J connectivity index is 1.81. The number of carbonyl (C=O) groups excluding carboxylic acids is 1. The molecule has 2 rings (SSSR count). The van der Waals surface area contributed by atoms with Crippen molar-refractivity contribution < 1.29 is 19.0 Å². The normalized spacial score (nSPS) is 10.3. The summed E-state index contributed by atoms with van der Waals surface area (Å²) in [6.07, 6.45) is 3.10. The SMILES string of the molecule is COc1cc(C=CC(=O)NCCOc2cccc(Br)c2)ccc1OCC#N. The Kier molecular flexibility index (Phi) is 8.20. The molecule has 0 unspecified atom stereocenters. The van der Waals surface area contributed by atoms with Gasteiger partial charge in [0, 0.05) is 10.5 Å². The molecule has 2 aromatic carbocycles. The summed E-state index contributed by atoms with van der Waals surface area (Å²) in [5.74, 6) is 1.48. The number of nitriles is 1. The van der Waals surface area contributed by atoms with E-state index in [0.29, 0.717) is 24.7 Å². The summed E-state index contributed by atoms with van der Waals surface area (Å²) >= 11 is 3.37. The van der Waals surface area contributed by atoms with Gasteiger partial charge in [-0.15, -0.1) is 0 Å². The van der Waals surface area contributed by atoms with Crippen LogP contribution in [0.3, 0.4) is 0 Å². The molecule has 0 aliphatic heterocycles. The number of halogens is 1. The van der Waals surface area contributed by atoms with Crippen LogP contribution in [0.4, 0.5) is 0 Å². The van der Waals surface area contributed by atoms with Crippen LogP contribution in [0.1, 0.15) is 5.56 Å². The third-order valence-electron chi connectivity index (χ3n) is 3.37. The van der Waals surface area contributed by atoms with Crippen molar-refractivity contribution in [2.75, 3.05) is 26.9 Å². The van der Waals surface area contributed by atoms with Gasteiger partial charge in [-0.2, -0.15) is 5.26 Å². The van der Waals surface area contributed by atoms with E-state index in [4.69, 9.17) is 19.5 Å². The fraction of sp³-hybridized carbons (Fsp3) is 0.200. The number of methoxy groups -OCH3 is 1. The van der Waals surface area contributed by atoms with E-state index >= 15 is 0 Å². The van der Waals surface area contributed by atoms with Gasteiger partial charge in [-0.1, -0.05) is 28.1 Å². The van der Waals surface area contributed by atoms with Crippen LogP contribution in [0.5, 0.6) is 17.2 Å². The van der Waals surface area contributed by atoms with E-state index in [9.17, 15) is 4.79 Å². The van der Waals surface area contributed by atoms with Gasteiger partial charge in [-0.3, -0.25) is 4.79 Å². The van der Waals surface area contributed by atoms with Crippen molar-refractivity contribution in [3.8, 4) is 23.3 Å². The lowest BCUT2D eigenvalue weighted by atomic mass is 10.2. The molecule has 0 saturated heterocycles. The van der Waals surface area contributed by atoms with Gasteiger partial charge in [0.2, 0.25) is 5.91 Å². The van der Waals surface area contributed by atoms with Crippen molar-refractivity contribution in [1.82, 2.24) is 5.32 Å². The monoisotopic (exact) mass is 430 g/mol. The molecular weight excluding hydrogens is 412 g/mol. The first kappa shape index (κ1) is 20.3. The highest BCUT2D eigenvalue weighted by atomic mass is 79.9. The highest BCUT2D eigenvalue weighted by Crippen LogP contribution is 2.28. The molecule has 0 bridgehead atoms. The molecule has 140 valence electrons. The molecule has 0 aliphatic carbocycles. The highest BCUT2D eigenvalue weighted by Gasteiger charge is 2.05. The van der Waals surface area contributed by atoms with Gasteiger partial charge in [0.25, 0.3) is 0 Å². The van der Waals surface area contributed by atoms with Gasteiger partial charge >= 0.3 is 0 Å². The summed E-state index contributed by atoms with van der Waals surface area (Å²) in [4.78, 5) is 11.9. The van der Waals surface area contributed by atoms with Crippen LogP contribution in [0.25, 0.3) is 6.08 Å². The third kappa shape index (κ3) is 7.04. The first-order valence-electron chi connectivity index (χ1n) is 8.14. The minimum atomic E-state index is -0.225. The van der Waals surface area contributed by atoms with Gasteiger partial charge in [0.15, 0.2) is 18.1 Å². The molecule has 0 atom stereocenters. The predicted molar refractivity (Wildman–Crippen MR) is 106 cm³/mol. The number of hydrogen-bond acceptors (Lipinski definition) is 5. The van der Waals surface area contributed by atoms with Gasteiger partial charge in [-0.25, -0.2) is 0 Å². The molecule has 0 radical (unpaired) electrons. The Morgan fingerprint density at radius 3 is 2.81 bits per heavy atom. The van der Waals surface area contributed by atoms with Gasteiger partial charge in [0.05, 0.1) is 13.7 Å². The van der Waals surface area contributed by atoms with E-state index in [2.05, 4.69) is 21.2 Å². The summed E-state index contributed by atoms with van der Waals surface area (Å²) in [6, 6.07) is 14.6. The number of rotatable bonds is 9. The Bertz CT molecular complexity index is 846. The maximum atomic E-state index is 11.9. The maximum absolute atomic E-state index is 11.9.